The van der Waals surface area contributed by atoms with E-state index in [2.05, 4.69) is 15.3 Å². The largest absolute Gasteiger partial charge is 0.479 e. The normalized spacial score (nSPS) is 32.8. The predicted octanol–water partition coefficient (Wildman–Crippen LogP) is 0.441. The van der Waals surface area contributed by atoms with Crippen LogP contribution < -0.4 is 15.8 Å². The Labute approximate surface area is 129 Å². The molecule has 122 valence electrons. The van der Waals surface area contributed by atoms with E-state index in [0.29, 0.717) is 29.6 Å². The number of anilines is 2. The van der Waals surface area contributed by atoms with E-state index in [1.165, 1.54) is 7.11 Å². The molecule has 4 N–H and O–H groups in total. The smallest absolute Gasteiger partial charge is 0.242 e. The number of hydrogen-bond donors (Lipinski definition) is 3. The molecule has 1 aliphatic carbocycles. The van der Waals surface area contributed by atoms with E-state index in [4.69, 9.17) is 19.9 Å². The fraction of sp³-hybridized carbons (Fsp3) is 0.714. The molecule has 0 radical (unpaired) electrons. The molecule has 1 saturated heterocycles. The molecule has 8 heteroatoms. The van der Waals surface area contributed by atoms with Gasteiger partial charge in [0.2, 0.25) is 5.88 Å². The van der Waals surface area contributed by atoms with Gasteiger partial charge in [-0.15, -0.1) is 0 Å². The molecule has 1 saturated carbocycles. The minimum Gasteiger partial charge on any atom is -0.479 e. The lowest BCUT2D eigenvalue weighted by atomic mass is 10.2. The maximum absolute atomic E-state index is 10.2. The summed E-state index contributed by atoms with van der Waals surface area (Å²) in [6.45, 7) is 5.43. The van der Waals surface area contributed by atoms with Crippen molar-refractivity contribution in [3.8, 4) is 5.88 Å². The number of nitrogens with two attached hydrogens (primary N) is 1. The first-order valence-corrected chi connectivity index (χ1v) is 7.29. The van der Waals surface area contributed by atoms with Crippen LogP contribution in [0.4, 0.5) is 11.5 Å². The zero-order valence-electron chi connectivity index (χ0n) is 13.2. The molecule has 0 amide bonds. The number of aliphatic hydroxyl groups is 1. The van der Waals surface area contributed by atoms with Crippen LogP contribution in [0.3, 0.4) is 0 Å². The highest BCUT2D eigenvalue weighted by Crippen LogP contribution is 2.40. The summed E-state index contributed by atoms with van der Waals surface area (Å²) in [5.74, 6) is 0.652. The van der Waals surface area contributed by atoms with Gasteiger partial charge >= 0.3 is 0 Å². The van der Waals surface area contributed by atoms with Gasteiger partial charge in [-0.2, -0.15) is 4.98 Å². The summed E-state index contributed by atoms with van der Waals surface area (Å²) in [5.41, 5.74) is 6.36. The molecule has 1 aromatic heterocycles. The maximum Gasteiger partial charge on any atom is 0.242 e. The van der Waals surface area contributed by atoms with Gasteiger partial charge in [0.25, 0.3) is 0 Å². The predicted molar refractivity (Wildman–Crippen MR) is 79.6 cm³/mol. The van der Waals surface area contributed by atoms with Crippen molar-refractivity contribution in [2.45, 2.75) is 57.3 Å². The molecule has 1 aromatic rings. The van der Waals surface area contributed by atoms with Crippen LogP contribution in [0.15, 0.2) is 0 Å². The third-order valence-corrected chi connectivity index (χ3v) is 3.97. The Morgan fingerprint density at radius 1 is 1.32 bits per heavy atom. The first-order chi connectivity index (χ1) is 10.3. The minimum atomic E-state index is -0.707. The van der Waals surface area contributed by atoms with Gasteiger partial charge < -0.3 is 30.4 Å². The number of aliphatic hydroxyl groups excluding tert-OH is 1. The summed E-state index contributed by atoms with van der Waals surface area (Å²) in [7, 11) is 1.51. The molecule has 8 nitrogen and oxygen atoms in total. The van der Waals surface area contributed by atoms with Gasteiger partial charge in [-0.25, -0.2) is 4.98 Å². The Kier molecular flexibility index (Phi) is 3.62. The van der Waals surface area contributed by atoms with Crippen LogP contribution in [0.5, 0.6) is 5.88 Å². The van der Waals surface area contributed by atoms with E-state index in [1.807, 2.05) is 13.8 Å². The summed E-state index contributed by atoms with van der Waals surface area (Å²) >= 11 is 0. The second-order valence-corrected chi connectivity index (χ2v) is 6.16. The number of ether oxygens (including phenoxy) is 3. The average molecular weight is 310 g/mol. The van der Waals surface area contributed by atoms with E-state index in [1.54, 1.807) is 6.92 Å². The fourth-order valence-corrected chi connectivity index (χ4v) is 3.09. The van der Waals surface area contributed by atoms with E-state index < -0.39 is 11.9 Å². The van der Waals surface area contributed by atoms with Crippen LogP contribution in [-0.4, -0.2) is 52.3 Å². The summed E-state index contributed by atoms with van der Waals surface area (Å²) < 4.78 is 16.8. The van der Waals surface area contributed by atoms with Crippen molar-refractivity contribution < 1.29 is 19.3 Å². The van der Waals surface area contributed by atoms with E-state index in [9.17, 15) is 5.11 Å². The van der Waals surface area contributed by atoms with Crippen molar-refractivity contribution in [2.24, 2.45) is 0 Å². The lowest BCUT2D eigenvalue weighted by Gasteiger charge is -2.24. The van der Waals surface area contributed by atoms with Crippen molar-refractivity contribution in [1.29, 1.82) is 0 Å². The quantitative estimate of drug-likeness (QED) is 0.737. The molecule has 0 bridgehead atoms. The molecule has 2 heterocycles. The highest BCUT2D eigenvalue weighted by atomic mass is 16.8. The highest BCUT2D eigenvalue weighted by molar-refractivity contribution is 5.67. The summed E-state index contributed by atoms with van der Waals surface area (Å²) in [6.07, 6.45) is -0.699. The summed E-state index contributed by atoms with van der Waals surface area (Å²) in [5, 5.41) is 13.4. The van der Waals surface area contributed by atoms with Gasteiger partial charge in [0.15, 0.2) is 11.6 Å². The van der Waals surface area contributed by atoms with Crippen LogP contribution in [0.2, 0.25) is 0 Å². The van der Waals surface area contributed by atoms with Crippen LogP contribution in [0.25, 0.3) is 0 Å². The molecular formula is C14H22N4O4. The average Bonchev–Trinajstić information content (AvgIpc) is 2.89. The van der Waals surface area contributed by atoms with Crippen molar-refractivity contribution in [1.82, 2.24) is 9.97 Å². The van der Waals surface area contributed by atoms with Crippen molar-refractivity contribution in [2.75, 3.05) is 18.2 Å². The first-order valence-electron chi connectivity index (χ1n) is 7.29. The standard InChI is InChI=1S/C14H22N4O4/c1-6-16-12(9(15)13(17-6)20-4)18-7-5-8(19)11-10(7)21-14(2,3)22-11/h7-8,10-11,19H,5,15H2,1-4H3,(H,16,17,18)/t7-,8+,10+,11-/m1/s1. The van der Waals surface area contributed by atoms with Crippen LogP contribution in [0, 0.1) is 6.92 Å². The van der Waals surface area contributed by atoms with E-state index in [0.717, 1.165) is 0 Å². The van der Waals surface area contributed by atoms with E-state index in [-0.39, 0.29) is 18.2 Å². The number of nitrogen functional groups attached to an aromatic ring is 1. The van der Waals surface area contributed by atoms with Gasteiger partial charge in [-0.05, 0) is 27.2 Å². The Morgan fingerprint density at radius 2 is 2.00 bits per heavy atom. The lowest BCUT2D eigenvalue weighted by molar-refractivity contribution is -0.162. The maximum atomic E-state index is 10.2. The number of fused-ring (bicyclic) bond motifs is 1. The van der Waals surface area contributed by atoms with Crippen molar-refractivity contribution in [3.63, 3.8) is 0 Å². The Hall–Kier alpha value is -1.64. The Bertz CT molecular complexity index is 580. The molecule has 4 atom stereocenters. The second kappa shape index (κ2) is 5.22. The molecule has 22 heavy (non-hydrogen) atoms. The zero-order valence-corrected chi connectivity index (χ0v) is 13.2. The topological polar surface area (TPSA) is 112 Å². The molecule has 2 fully saturated rings. The van der Waals surface area contributed by atoms with Gasteiger partial charge in [-0.3, -0.25) is 0 Å². The number of aromatic nitrogens is 2. The molecule has 2 aliphatic rings. The molecular weight excluding hydrogens is 288 g/mol. The van der Waals surface area contributed by atoms with Crippen molar-refractivity contribution >= 4 is 11.5 Å². The third kappa shape index (κ3) is 2.57. The zero-order chi connectivity index (χ0) is 16.1. The molecule has 3 rings (SSSR count). The van der Waals surface area contributed by atoms with Gasteiger partial charge in [0, 0.05) is 0 Å². The van der Waals surface area contributed by atoms with Crippen molar-refractivity contribution in [3.05, 3.63) is 5.82 Å². The van der Waals surface area contributed by atoms with Gasteiger partial charge in [0.05, 0.1) is 19.3 Å². The Balaban J connectivity index is 1.83. The molecule has 0 aromatic carbocycles. The van der Waals surface area contributed by atoms with Gasteiger partial charge in [-0.1, -0.05) is 0 Å². The van der Waals surface area contributed by atoms with Crippen LogP contribution >= 0.6 is 0 Å². The van der Waals surface area contributed by atoms with Crippen LogP contribution in [-0.2, 0) is 9.47 Å². The molecule has 1 aliphatic heterocycles. The number of rotatable bonds is 3. The number of nitrogens with zero attached hydrogens (tertiary/aromatic N) is 2. The highest BCUT2D eigenvalue weighted by Gasteiger charge is 2.53. The first kappa shape index (κ1) is 15.3. The lowest BCUT2D eigenvalue weighted by Crippen LogP contribution is -2.35. The number of nitrogens with one attached hydrogen (secondary N) is 1. The number of methoxy groups -OCH3 is 1. The second-order valence-electron chi connectivity index (χ2n) is 6.16. The van der Waals surface area contributed by atoms with Crippen LogP contribution in [0.1, 0.15) is 26.1 Å². The Morgan fingerprint density at radius 3 is 2.68 bits per heavy atom. The minimum absolute atomic E-state index is 0.150. The monoisotopic (exact) mass is 310 g/mol. The third-order valence-electron chi connectivity index (χ3n) is 3.97. The van der Waals surface area contributed by atoms with E-state index >= 15 is 0 Å². The van der Waals surface area contributed by atoms with Gasteiger partial charge in [0.1, 0.15) is 23.7 Å². The summed E-state index contributed by atoms with van der Waals surface area (Å²) in [4.78, 5) is 8.44. The molecule has 0 unspecified atom stereocenters. The number of aryl methyl sites for hydroxylation is 1. The summed E-state index contributed by atoms with van der Waals surface area (Å²) in [6, 6.07) is -0.150. The molecule has 0 spiro atoms. The SMILES string of the molecule is COc1nc(C)nc(N[C@@H]2C[C@H](O)[C@H]3OC(C)(C)O[C@H]32)c1N. The number of hydrogen-bond acceptors (Lipinski definition) is 8. The fourth-order valence-electron chi connectivity index (χ4n) is 3.09.